The molecule has 4 rings (SSSR count). The highest BCUT2D eigenvalue weighted by Crippen LogP contribution is 2.44. The Bertz CT molecular complexity index is 1110. The summed E-state index contributed by atoms with van der Waals surface area (Å²) in [5.74, 6) is -0.104. The molecule has 2 aromatic rings. The Balaban J connectivity index is 1.53. The molecule has 7 nitrogen and oxygen atoms in total. The number of esters is 1. The molecule has 0 saturated carbocycles. The molecule has 37 heavy (non-hydrogen) atoms. The van der Waals surface area contributed by atoms with Crippen LogP contribution >= 0.6 is 23.4 Å². The molecule has 3 atom stereocenters. The molecule has 0 spiro atoms. The molecule has 0 aliphatic carbocycles. The lowest BCUT2D eigenvalue weighted by Gasteiger charge is -2.53. The Morgan fingerprint density at radius 2 is 1.73 bits per heavy atom. The number of nitrogens with zero attached hydrogens (tertiary/aromatic N) is 1. The first-order valence-corrected chi connectivity index (χ1v) is 13.7. The zero-order chi connectivity index (χ0) is 26.6. The maximum absolute atomic E-state index is 13.8. The van der Waals surface area contributed by atoms with Crippen LogP contribution in [0.15, 0.2) is 72.8 Å². The number of thioether (sulfide) groups is 1. The van der Waals surface area contributed by atoms with Gasteiger partial charge in [0.2, 0.25) is 5.91 Å². The van der Waals surface area contributed by atoms with E-state index in [4.69, 9.17) is 21.1 Å². The number of halogens is 1. The largest absolute Gasteiger partial charge is 0.452 e. The molecule has 2 aliphatic rings. The topological polar surface area (TPSA) is 84.9 Å². The zero-order valence-electron chi connectivity index (χ0n) is 21.1. The fourth-order valence-corrected chi connectivity index (χ4v) is 6.00. The van der Waals surface area contributed by atoms with Crippen LogP contribution in [0.3, 0.4) is 0 Å². The van der Waals surface area contributed by atoms with Crippen LogP contribution in [0.2, 0.25) is 0 Å². The average Bonchev–Trinajstić information content (AvgIpc) is 2.89. The van der Waals surface area contributed by atoms with Crippen LogP contribution in [0.1, 0.15) is 38.0 Å². The molecule has 0 bridgehead atoms. The van der Waals surface area contributed by atoms with Gasteiger partial charge >= 0.3 is 12.1 Å². The highest BCUT2D eigenvalue weighted by atomic mass is 35.5. The molecular formula is C28H31ClN2O5S. The van der Waals surface area contributed by atoms with E-state index in [-0.39, 0.29) is 23.7 Å². The highest BCUT2D eigenvalue weighted by Gasteiger charge is 2.57. The smallest absolute Gasteiger partial charge is 0.408 e. The van der Waals surface area contributed by atoms with Crippen molar-refractivity contribution in [3.8, 4) is 0 Å². The van der Waals surface area contributed by atoms with Gasteiger partial charge in [0.05, 0.1) is 0 Å². The maximum atomic E-state index is 13.8. The van der Waals surface area contributed by atoms with Gasteiger partial charge in [0.15, 0.2) is 6.10 Å². The van der Waals surface area contributed by atoms with E-state index in [2.05, 4.69) is 5.32 Å². The summed E-state index contributed by atoms with van der Waals surface area (Å²) in [6, 6.07) is 18.4. The van der Waals surface area contributed by atoms with Crippen LogP contribution in [0.25, 0.3) is 0 Å². The predicted octanol–water partition coefficient (Wildman–Crippen LogP) is 4.91. The molecule has 2 heterocycles. The van der Waals surface area contributed by atoms with Gasteiger partial charge in [-0.2, -0.15) is 0 Å². The van der Waals surface area contributed by atoms with Gasteiger partial charge in [0.25, 0.3) is 0 Å². The number of alkyl carbamates (subject to hydrolysis) is 1. The number of carbonyl (C=O) groups excluding carboxylic acids is 3. The lowest BCUT2D eigenvalue weighted by molar-refractivity contribution is -0.161. The number of fused-ring (bicyclic) bond motifs is 1. The summed E-state index contributed by atoms with van der Waals surface area (Å²) in [4.78, 5) is 40.7. The van der Waals surface area contributed by atoms with Crippen molar-refractivity contribution in [3.63, 3.8) is 0 Å². The number of ether oxygens (including phenoxy) is 2. The van der Waals surface area contributed by atoms with Crippen molar-refractivity contribution in [3.05, 3.63) is 83.9 Å². The van der Waals surface area contributed by atoms with E-state index >= 15 is 0 Å². The number of hydrogen-bond donors (Lipinski definition) is 1. The van der Waals surface area contributed by atoms with E-state index in [0.29, 0.717) is 5.75 Å². The van der Waals surface area contributed by atoms with Gasteiger partial charge in [-0.15, -0.1) is 23.4 Å². The fourth-order valence-electron chi connectivity index (χ4n) is 4.40. The quantitative estimate of drug-likeness (QED) is 0.232. The molecule has 0 aromatic heterocycles. The van der Waals surface area contributed by atoms with Gasteiger partial charge in [-0.05, 0) is 31.9 Å². The summed E-state index contributed by atoms with van der Waals surface area (Å²) >= 11 is 7.37. The minimum atomic E-state index is -1.08. The third kappa shape index (κ3) is 6.13. The second-order valence-corrected chi connectivity index (χ2v) is 11.5. The normalized spacial score (nSPS) is 23.4. The summed E-state index contributed by atoms with van der Waals surface area (Å²) < 4.78 is 11.5. The van der Waals surface area contributed by atoms with E-state index in [1.54, 1.807) is 37.8 Å². The Labute approximate surface area is 226 Å². The highest BCUT2D eigenvalue weighted by molar-refractivity contribution is 8.00. The van der Waals surface area contributed by atoms with Crippen molar-refractivity contribution < 1.29 is 23.9 Å². The molecular weight excluding hydrogens is 512 g/mol. The molecule has 0 radical (unpaired) electrons. The van der Waals surface area contributed by atoms with Crippen molar-refractivity contribution in [2.45, 2.75) is 43.9 Å². The van der Waals surface area contributed by atoms with Gasteiger partial charge in [-0.25, -0.2) is 4.79 Å². The molecule has 196 valence electrons. The van der Waals surface area contributed by atoms with Crippen molar-refractivity contribution in [2.24, 2.45) is 5.41 Å². The second kappa shape index (κ2) is 11.2. The third-order valence-electron chi connectivity index (χ3n) is 6.14. The summed E-state index contributed by atoms with van der Waals surface area (Å²) in [5.41, 5.74) is -0.0527. The molecule has 2 fully saturated rings. The minimum Gasteiger partial charge on any atom is -0.452 e. The molecule has 2 amide bonds. The molecule has 2 aliphatic heterocycles. The second-order valence-electron chi connectivity index (χ2n) is 10.1. The maximum Gasteiger partial charge on any atom is 0.408 e. The number of benzene rings is 2. The SMILES string of the molecule is CC(C)(C)OC(=O)NC1C(=O)N2CC(C=CCCl)(C(=O)OC(c3ccccc3)c3ccccc3)CS[C@H]12. The Morgan fingerprint density at radius 1 is 1.14 bits per heavy atom. The van der Waals surface area contributed by atoms with Crippen LogP contribution in [0.4, 0.5) is 4.79 Å². The van der Waals surface area contributed by atoms with Gasteiger partial charge < -0.3 is 19.7 Å². The first-order chi connectivity index (χ1) is 17.6. The van der Waals surface area contributed by atoms with E-state index in [1.165, 1.54) is 11.8 Å². The first-order valence-electron chi connectivity index (χ1n) is 12.1. The number of amides is 2. The van der Waals surface area contributed by atoms with Crippen LogP contribution in [0, 0.1) is 5.41 Å². The number of alkyl halides is 1. The zero-order valence-corrected chi connectivity index (χ0v) is 22.6. The number of rotatable bonds is 7. The molecule has 2 unspecified atom stereocenters. The van der Waals surface area contributed by atoms with Crippen LogP contribution in [0.5, 0.6) is 0 Å². The van der Waals surface area contributed by atoms with Crippen molar-refractivity contribution in [1.29, 1.82) is 0 Å². The van der Waals surface area contributed by atoms with E-state index in [1.807, 2.05) is 60.7 Å². The standard InChI is InChI=1S/C28H31ClN2O5S/c1-27(2,3)36-26(34)30-21-23(32)31-17-28(15-10-16-29,18-37-24(21)31)25(33)35-22(19-11-6-4-7-12-19)20-13-8-5-9-14-20/h4-15,21-22,24H,16-18H2,1-3H3,(H,30,34)/t21?,24-,28?/m1/s1. The summed E-state index contributed by atoms with van der Waals surface area (Å²) in [5, 5.41) is 2.38. The number of allylic oxidation sites excluding steroid dienone is 1. The minimum absolute atomic E-state index is 0.137. The summed E-state index contributed by atoms with van der Waals surface area (Å²) in [6.45, 7) is 5.42. The lowest BCUT2D eigenvalue weighted by atomic mass is 9.86. The van der Waals surface area contributed by atoms with E-state index < -0.39 is 35.2 Å². The monoisotopic (exact) mass is 542 g/mol. The van der Waals surface area contributed by atoms with Gasteiger partial charge in [0.1, 0.15) is 22.4 Å². The Morgan fingerprint density at radius 3 is 2.27 bits per heavy atom. The van der Waals surface area contributed by atoms with E-state index in [0.717, 1.165) is 11.1 Å². The Hall–Kier alpha value is -2.97. The number of nitrogens with one attached hydrogen (secondary N) is 1. The lowest BCUT2D eigenvalue weighted by Crippen LogP contribution is -2.73. The third-order valence-corrected chi connectivity index (χ3v) is 7.87. The Kier molecular flexibility index (Phi) is 8.19. The number of β-lactam (4-membered cyclic amide) rings is 1. The average molecular weight is 543 g/mol. The molecule has 1 N–H and O–H groups in total. The number of hydrogen-bond acceptors (Lipinski definition) is 6. The van der Waals surface area contributed by atoms with Gasteiger partial charge in [-0.3, -0.25) is 9.59 Å². The number of carbonyl (C=O) groups is 3. The van der Waals surface area contributed by atoms with Crippen LogP contribution in [-0.4, -0.2) is 58.1 Å². The molecule has 2 aromatic carbocycles. The van der Waals surface area contributed by atoms with E-state index in [9.17, 15) is 14.4 Å². The summed E-state index contributed by atoms with van der Waals surface area (Å²) in [6.07, 6.45) is 2.22. The van der Waals surface area contributed by atoms with Gasteiger partial charge in [0, 0.05) is 18.2 Å². The van der Waals surface area contributed by atoms with Crippen LogP contribution < -0.4 is 5.32 Å². The predicted molar refractivity (Wildman–Crippen MR) is 144 cm³/mol. The van der Waals surface area contributed by atoms with Crippen LogP contribution in [-0.2, 0) is 19.1 Å². The van der Waals surface area contributed by atoms with Crippen molar-refractivity contribution in [2.75, 3.05) is 18.2 Å². The van der Waals surface area contributed by atoms with Gasteiger partial charge in [-0.1, -0.05) is 72.8 Å². The summed E-state index contributed by atoms with van der Waals surface area (Å²) in [7, 11) is 0. The molecule has 9 heteroatoms. The van der Waals surface area contributed by atoms with Crippen molar-refractivity contribution in [1.82, 2.24) is 10.2 Å². The molecule has 2 saturated heterocycles. The van der Waals surface area contributed by atoms with Crippen molar-refractivity contribution >= 4 is 41.3 Å². The fraction of sp³-hybridized carbons (Fsp3) is 0.393. The first kappa shape index (κ1) is 27.1.